The van der Waals surface area contributed by atoms with Gasteiger partial charge in [0, 0.05) is 18.6 Å². The van der Waals surface area contributed by atoms with E-state index < -0.39 is 6.09 Å². The van der Waals surface area contributed by atoms with Gasteiger partial charge in [0.1, 0.15) is 19.4 Å². The van der Waals surface area contributed by atoms with Crippen LogP contribution in [0.1, 0.15) is 128 Å². The summed E-state index contributed by atoms with van der Waals surface area (Å²) < 4.78 is 13.7. The Hall–Kier alpha value is -2.16. The normalized spacial score (nSPS) is 11.1. The zero-order valence-corrected chi connectivity index (χ0v) is 29.2. The molecule has 2 rings (SSSR count). The lowest BCUT2D eigenvalue weighted by Gasteiger charge is -2.24. The Morgan fingerprint density at radius 3 is 2.00 bits per heavy atom. The van der Waals surface area contributed by atoms with Crippen LogP contribution in [0.4, 0.5) is 4.79 Å². The van der Waals surface area contributed by atoms with Crippen molar-refractivity contribution in [3.63, 3.8) is 0 Å². The van der Waals surface area contributed by atoms with Crippen molar-refractivity contribution in [2.24, 2.45) is 7.05 Å². The first-order valence-electron chi connectivity index (χ1n) is 15.8. The highest BCUT2D eigenvalue weighted by Crippen LogP contribution is 2.32. The fraction of sp³-hybridized carbons (Fsp3) is 0.629. The van der Waals surface area contributed by atoms with E-state index in [2.05, 4.69) is 33.8 Å². The van der Waals surface area contributed by atoms with Crippen molar-refractivity contribution in [1.29, 1.82) is 0 Å². The molecule has 236 valence electrons. The molecule has 0 radical (unpaired) electrons. The first kappa shape index (κ1) is 37.9. The molecule has 0 aliphatic rings. The second-order valence-electron chi connectivity index (χ2n) is 12.4. The number of carbonyl (C=O) groups is 2. The molecule has 0 bridgehead atoms. The van der Waals surface area contributed by atoms with E-state index in [0.29, 0.717) is 6.61 Å². The summed E-state index contributed by atoms with van der Waals surface area (Å²) in [4.78, 5) is 26.1. The smallest absolute Gasteiger partial charge is 0.417 e. The van der Waals surface area contributed by atoms with Gasteiger partial charge in [-0.2, -0.15) is 0 Å². The number of benzene rings is 1. The van der Waals surface area contributed by atoms with Crippen molar-refractivity contribution in [3.8, 4) is 5.75 Å². The summed E-state index contributed by atoms with van der Waals surface area (Å²) in [5, 5.41) is 0. The van der Waals surface area contributed by atoms with E-state index in [1.165, 1.54) is 77.6 Å². The zero-order chi connectivity index (χ0) is 30.1. The van der Waals surface area contributed by atoms with Crippen LogP contribution in [0.25, 0.3) is 0 Å². The van der Waals surface area contributed by atoms with Gasteiger partial charge in [0.15, 0.2) is 12.4 Å². The van der Waals surface area contributed by atoms with Crippen LogP contribution in [-0.2, 0) is 35.1 Å². The van der Waals surface area contributed by atoms with Gasteiger partial charge in [-0.3, -0.25) is 4.79 Å². The maximum Gasteiger partial charge on any atom is 0.417 e. The predicted octanol–water partition coefficient (Wildman–Crippen LogP) is 5.58. The molecule has 2 aromatic rings. The molecular weight excluding hydrogens is 639 g/mol. The number of imide groups is 1. The number of halogens is 1. The highest BCUT2D eigenvalue weighted by molar-refractivity contribution is 5.90. The summed E-state index contributed by atoms with van der Waals surface area (Å²) in [6, 6.07) is 9.75. The van der Waals surface area contributed by atoms with Crippen LogP contribution in [0.15, 0.2) is 42.7 Å². The van der Waals surface area contributed by atoms with Gasteiger partial charge in [-0.15, -0.1) is 0 Å². The molecule has 7 heteroatoms. The average Bonchev–Trinajstić information content (AvgIpc) is 2.92. The van der Waals surface area contributed by atoms with Gasteiger partial charge in [-0.05, 0) is 41.2 Å². The number of amides is 2. The lowest BCUT2D eigenvalue weighted by atomic mass is 9.85. The van der Waals surface area contributed by atoms with E-state index in [1.807, 2.05) is 48.3 Å². The Kier molecular flexibility index (Phi) is 18.7. The summed E-state index contributed by atoms with van der Waals surface area (Å²) in [5.74, 6) is 0.538. The van der Waals surface area contributed by atoms with E-state index in [-0.39, 0.29) is 48.5 Å². The summed E-state index contributed by atoms with van der Waals surface area (Å²) in [5.41, 5.74) is 2.69. The van der Waals surface area contributed by atoms with Crippen molar-refractivity contribution in [1.82, 2.24) is 4.90 Å². The zero-order valence-electron chi connectivity index (χ0n) is 27.1. The molecule has 6 nitrogen and oxygen atoms in total. The maximum atomic E-state index is 12.8. The number of hydrogen-bond donors (Lipinski definition) is 0. The van der Waals surface area contributed by atoms with Gasteiger partial charge >= 0.3 is 6.09 Å². The van der Waals surface area contributed by atoms with Crippen LogP contribution in [0, 0.1) is 0 Å². The van der Waals surface area contributed by atoms with Crippen LogP contribution in [0.2, 0.25) is 0 Å². The molecule has 0 N–H and O–H groups in total. The lowest BCUT2D eigenvalue weighted by molar-refractivity contribution is -0.672. The summed E-state index contributed by atoms with van der Waals surface area (Å²) in [7, 11) is 1.90. The van der Waals surface area contributed by atoms with Gasteiger partial charge in [-0.1, -0.05) is 104 Å². The van der Waals surface area contributed by atoms with Crippen molar-refractivity contribution in [3.05, 3.63) is 59.4 Å². The first-order valence-corrected chi connectivity index (χ1v) is 15.8. The molecule has 1 heterocycles. The van der Waals surface area contributed by atoms with E-state index >= 15 is 0 Å². The number of carbonyl (C=O) groups excluding carboxylic acids is 2. The molecule has 0 aliphatic carbocycles. The monoisotopic (exact) mass is 694 g/mol. The Morgan fingerprint density at radius 2 is 1.45 bits per heavy atom. The summed E-state index contributed by atoms with van der Waals surface area (Å²) >= 11 is 0. The number of aromatic nitrogens is 1. The standard InChI is InChI=1S/C35H55N2O4.HI/c1-7-8-9-10-11-12-13-14-15-16-17-18-24-40-33-22-21-30(25-32(33)35(3,4)5)28-41-34(39)37(29(2)38)27-31-20-19-23-36(6)26-31;/h19-23,25-26H,7-18,24,27-28H2,1-6H3;1H/q+1;/p-1. The number of pyridine rings is 1. The van der Waals surface area contributed by atoms with Gasteiger partial charge in [0.2, 0.25) is 5.91 Å². The van der Waals surface area contributed by atoms with E-state index in [1.54, 1.807) is 0 Å². The highest BCUT2D eigenvalue weighted by atomic mass is 127. The quantitative estimate of drug-likeness (QED) is 0.116. The van der Waals surface area contributed by atoms with E-state index in [9.17, 15) is 9.59 Å². The van der Waals surface area contributed by atoms with Crippen LogP contribution in [-0.4, -0.2) is 23.5 Å². The molecule has 0 saturated heterocycles. The molecular formula is C35H55IN2O4. The highest BCUT2D eigenvalue weighted by Gasteiger charge is 2.23. The van der Waals surface area contributed by atoms with Crippen molar-refractivity contribution >= 4 is 12.0 Å². The number of ether oxygens (including phenoxy) is 2. The van der Waals surface area contributed by atoms with Crippen molar-refractivity contribution in [2.75, 3.05) is 6.61 Å². The first-order chi connectivity index (χ1) is 19.6. The molecule has 2 amide bonds. The Balaban J connectivity index is 0.00000882. The second-order valence-corrected chi connectivity index (χ2v) is 12.4. The minimum atomic E-state index is -0.645. The SMILES string of the molecule is CCCCCCCCCCCCCCOc1ccc(COC(=O)N(Cc2ccc[n+](C)c2)C(C)=O)cc1C(C)(C)C.[I-]. The fourth-order valence-electron chi connectivity index (χ4n) is 4.96. The van der Waals surface area contributed by atoms with Crippen molar-refractivity contribution in [2.45, 2.75) is 130 Å². The number of aryl methyl sites for hydroxylation is 1. The average molecular weight is 695 g/mol. The van der Waals surface area contributed by atoms with Gasteiger partial charge in [-0.25, -0.2) is 14.3 Å². The third kappa shape index (κ3) is 14.8. The van der Waals surface area contributed by atoms with Crippen LogP contribution >= 0.6 is 0 Å². The number of unbranched alkanes of at least 4 members (excludes halogenated alkanes) is 11. The van der Waals surface area contributed by atoms with E-state index in [0.717, 1.165) is 33.8 Å². The molecule has 0 spiro atoms. The fourth-order valence-corrected chi connectivity index (χ4v) is 4.96. The molecule has 42 heavy (non-hydrogen) atoms. The summed E-state index contributed by atoms with van der Waals surface area (Å²) in [6.07, 6.45) is 19.0. The second kappa shape index (κ2) is 20.7. The minimum absolute atomic E-state index is 0. The third-order valence-electron chi connectivity index (χ3n) is 7.41. The topological polar surface area (TPSA) is 59.7 Å². The van der Waals surface area contributed by atoms with Crippen LogP contribution < -0.4 is 33.3 Å². The molecule has 0 atom stereocenters. The molecule has 0 unspecified atom stereocenters. The van der Waals surface area contributed by atoms with Crippen LogP contribution in [0.3, 0.4) is 0 Å². The number of nitrogens with zero attached hydrogens (tertiary/aromatic N) is 2. The molecule has 1 aromatic carbocycles. The maximum absolute atomic E-state index is 12.8. The molecule has 0 saturated carbocycles. The van der Waals surface area contributed by atoms with Crippen molar-refractivity contribution < 1.29 is 47.6 Å². The third-order valence-corrected chi connectivity index (χ3v) is 7.41. The Bertz CT molecular complexity index is 1070. The Morgan fingerprint density at radius 1 is 0.857 bits per heavy atom. The minimum Gasteiger partial charge on any atom is -1.00 e. The van der Waals surface area contributed by atoms with Gasteiger partial charge in [0.05, 0.1) is 13.2 Å². The predicted molar refractivity (Wildman–Crippen MR) is 166 cm³/mol. The van der Waals surface area contributed by atoms with Crippen LogP contribution in [0.5, 0.6) is 5.75 Å². The van der Waals surface area contributed by atoms with Gasteiger partial charge in [0.25, 0.3) is 0 Å². The number of hydrogen-bond acceptors (Lipinski definition) is 4. The Labute approximate surface area is 272 Å². The molecule has 0 fully saturated rings. The largest absolute Gasteiger partial charge is 1.00 e. The lowest BCUT2D eigenvalue weighted by Crippen LogP contribution is -3.00. The summed E-state index contributed by atoms with van der Waals surface area (Å²) in [6.45, 7) is 11.1. The number of rotatable bonds is 18. The van der Waals surface area contributed by atoms with Gasteiger partial charge < -0.3 is 33.5 Å². The molecule has 1 aromatic heterocycles. The van der Waals surface area contributed by atoms with E-state index in [4.69, 9.17) is 9.47 Å². The molecule has 0 aliphatic heterocycles.